The van der Waals surface area contributed by atoms with Crippen molar-refractivity contribution >= 4 is 16.0 Å². The highest BCUT2D eigenvalue weighted by Crippen LogP contribution is 2.22. The van der Waals surface area contributed by atoms with E-state index in [1.807, 2.05) is 61.5 Å². The largest absolute Gasteiger partial charge is 0.478 e. The lowest BCUT2D eigenvalue weighted by Gasteiger charge is -2.23. The van der Waals surface area contributed by atoms with Crippen LogP contribution in [0.25, 0.3) is 0 Å². The molecule has 0 aromatic heterocycles. The molecule has 0 saturated carbocycles. The van der Waals surface area contributed by atoms with Gasteiger partial charge in [0.25, 0.3) is 0 Å². The van der Waals surface area contributed by atoms with Crippen molar-refractivity contribution < 1.29 is 18.3 Å². The Morgan fingerprint density at radius 2 is 1.36 bits per heavy atom. The summed E-state index contributed by atoms with van der Waals surface area (Å²) in [7, 11) is -3.81. The molecule has 0 fully saturated rings. The summed E-state index contributed by atoms with van der Waals surface area (Å²) in [6.45, 7) is 2.42. The number of benzene rings is 3. The van der Waals surface area contributed by atoms with Gasteiger partial charge in [-0.15, -0.1) is 0 Å². The van der Waals surface area contributed by atoms with Gasteiger partial charge in [-0.05, 0) is 42.3 Å². The maximum absolute atomic E-state index is 13.3. The van der Waals surface area contributed by atoms with Gasteiger partial charge in [-0.3, -0.25) is 0 Å². The van der Waals surface area contributed by atoms with Crippen molar-refractivity contribution in [3.8, 4) is 0 Å². The summed E-state index contributed by atoms with van der Waals surface area (Å²) in [6, 6.07) is 22.4. The van der Waals surface area contributed by atoms with E-state index in [1.165, 1.54) is 28.6 Å². The van der Waals surface area contributed by atoms with Crippen LogP contribution in [0.2, 0.25) is 0 Å². The molecule has 0 aliphatic rings. The second kappa shape index (κ2) is 8.37. The SMILES string of the molecule is Cc1ccc(CN(Cc2ccccc2)S(=O)(=O)c2ccc(C(=O)O)cc2)cc1. The Hall–Kier alpha value is -2.96. The second-order valence-electron chi connectivity index (χ2n) is 6.57. The minimum atomic E-state index is -3.81. The Labute approximate surface area is 164 Å². The number of hydrogen-bond acceptors (Lipinski definition) is 3. The summed E-state index contributed by atoms with van der Waals surface area (Å²) in [5, 5.41) is 9.04. The summed E-state index contributed by atoms with van der Waals surface area (Å²) in [5.41, 5.74) is 2.91. The lowest BCUT2D eigenvalue weighted by molar-refractivity contribution is 0.0696. The van der Waals surface area contributed by atoms with Crippen molar-refractivity contribution in [3.05, 3.63) is 101 Å². The first-order valence-corrected chi connectivity index (χ1v) is 10.2. The van der Waals surface area contributed by atoms with Crippen LogP contribution < -0.4 is 0 Å². The topological polar surface area (TPSA) is 74.7 Å². The Bertz CT molecular complexity index is 1040. The van der Waals surface area contributed by atoms with E-state index in [4.69, 9.17) is 5.11 Å². The van der Waals surface area contributed by atoms with Crippen molar-refractivity contribution in [3.63, 3.8) is 0 Å². The number of rotatable bonds is 7. The molecule has 0 spiro atoms. The van der Waals surface area contributed by atoms with Gasteiger partial charge in [0.1, 0.15) is 0 Å². The highest BCUT2D eigenvalue weighted by Gasteiger charge is 2.25. The van der Waals surface area contributed by atoms with E-state index in [-0.39, 0.29) is 23.5 Å². The van der Waals surface area contributed by atoms with Crippen LogP contribution in [0.3, 0.4) is 0 Å². The van der Waals surface area contributed by atoms with Crippen molar-refractivity contribution in [2.75, 3.05) is 0 Å². The number of carboxylic acid groups (broad SMARTS) is 1. The maximum Gasteiger partial charge on any atom is 0.335 e. The lowest BCUT2D eigenvalue weighted by atomic mass is 10.1. The molecule has 0 unspecified atom stereocenters. The molecular weight excluding hydrogens is 374 g/mol. The van der Waals surface area contributed by atoms with E-state index in [2.05, 4.69) is 0 Å². The average Bonchev–Trinajstić information content (AvgIpc) is 2.70. The number of aryl methyl sites for hydroxylation is 1. The number of carbonyl (C=O) groups is 1. The first-order chi connectivity index (χ1) is 13.4. The molecule has 0 radical (unpaired) electrons. The zero-order chi connectivity index (χ0) is 20.1. The predicted molar refractivity (Wildman–Crippen MR) is 107 cm³/mol. The number of sulfonamides is 1. The van der Waals surface area contributed by atoms with Crippen LogP contribution in [0.4, 0.5) is 0 Å². The number of hydrogen-bond donors (Lipinski definition) is 1. The van der Waals surface area contributed by atoms with Gasteiger partial charge in [-0.2, -0.15) is 4.31 Å². The smallest absolute Gasteiger partial charge is 0.335 e. The molecule has 0 saturated heterocycles. The van der Waals surface area contributed by atoms with Crippen molar-refractivity contribution in [1.29, 1.82) is 0 Å². The molecule has 144 valence electrons. The monoisotopic (exact) mass is 395 g/mol. The highest BCUT2D eigenvalue weighted by atomic mass is 32.2. The van der Waals surface area contributed by atoms with Gasteiger partial charge < -0.3 is 5.11 Å². The minimum Gasteiger partial charge on any atom is -0.478 e. The van der Waals surface area contributed by atoms with Gasteiger partial charge in [0.15, 0.2) is 0 Å². The Morgan fingerprint density at radius 1 is 0.821 bits per heavy atom. The molecule has 0 aliphatic carbocycles. The molecule has 3 aromatic rings. The highest BCUT2D eigenvalue weighted by molar-refractivity contribution is 7.89. The van der Waals surface area contributed by atoms with Crippen LogP contribution in [0.1, 0.15) is 27.0 Å². The minimum absolute atomic E-state index is 0.0482. The summed E-state index contributed by atoms with van der Waals surface area (Å²) >= 11 is 0. The molecule has 28 heavy (non-hydrogen) atoms. The zero-order valence-electron chi connectivity index (χ0n) is 15.4. The summed E-state index contributed by atoms with van der Waals surface area (Å²) in [6.07, 6.45) is 0. The molecule has 0 bridgehead atoms. The van der Waals surface area contributed by atoms with E-state index in [0.717, 1.165) is 16.7 Å². The Balaban J connectivity index is 1.95. The normalized spacial score (nSPS) is 11.5. The molecule has 0 amide bonds. The van der Waals surface area contributed by atoms with Gasteiger partial charge in [-0.1, -0.05) is 60.2 Å². The molecule has 6 heteroatoms. The molecule has 0 atom stereocenters. The molecular formula is C22H21NO4S. The van der Waals surface area contributed by atoms with Crippen LogP contribution in [-0.4, -0.2) is 23.8 Å². The molecule has 1 N–H and O–H groups in total. The second-order valence-corrected chi connectivity index (χ2v) is 8.51. The van der Waals surface area contributed by atoms with Gasteiger partial charge in [0.05, 0.1) is 10.5 Å². The van der Waals surface area contributed by atoms with Crippen LogP contribution in [0.5, 0.6) is 0 Å². The summed E-state index contributed by atoms with van der Waals surface area (Å²) in [5.74, 6) is -1.09. The fourth-order valence-electron chi connectivity index (χ4n) is 2.83. The van der Waals surface area contributed by atoms with E-state index < -0.39 is 16.0 Å². The van der Waals surface area contributed by atoms with Crippen LogP contribution in [0.15, 0.2) is 83.8 Å². The van der Waals surface area contributed by atoms with Gasteiger partial charge in [-0.25, -0.2) is 13.2 Å². The average molecular weight is 395 g/mol. The first-order valence-electron chi connectivity index (χ1n) is 8.79. The van der Waals surface area contributed by atoms with E-state index >= 15 is 0 Å². The van der Waals surface area contributed by atoms with Crippen molar-refractivity contribution in [2.24, 2.45) is 0 Å². The third-order valence-electron chi connectivity index (χ3n) is 4.42. The molecule has 5 nitrogen and oxygen atoms in total. The Kier molecular flexibility index (Phi) is 5.92. The lowest BCUT2D eigenvalue weighted by Crippen LogP contribution is -2.30. The zero-order valence-corrected chi connectivity index (χ0v) is 16.3. The third-order valence-corrected chi connectivity index (χ3v) is 6.23. The van der Waals surface area contributed by atoms with Gasteiger partial charge in [0.2, 0.25) is 10.0 Å². The van der Waals surface area contributed by atoms with Crippen LogP contribution >= 0.6 is 0 Å². The molecule has 0 aliphatic heterocycles. The summed E-state index contributed by atoms with van der Waals surface area (Å²) in [4.78, 5) is 11.1. The first kappa shape index (κ1) is 19.8. The maximum atomic E-state index is 13.3. The quantitative estimate of drug-likeness (QED) is 0.654. The van der Waals surface area contributed by atoms with E-state index in [9.17, 15) is 13.2 Å². The van der Waals surface area contributed by atoms with Crippen molar-refractivity contribution in [2.45, 2.75) is 24.9 Å². The van der Waals surface area contributed by atoms with Gasteiger partial charge >= 0.3 is 5.97 Å². The predicted octanol–water partition coefficient (Wildman–Crippen LogP) is 4.08. The third kappa shape index (κ3) is 4.65. The van der Waals surface area contributed by atoms with Crippen LogP contribution in [-0.2, 0) is 23.1 Å². The number of carboxylic acids is 1. The molecule has 3 rings (SSSR count). The van der Waals surface area contributed by atoms with Gasteiger partial charge in [0, 0.05) is 13.1 Å². The standard InChI is InChI=1S/C22H21NO4S/c1-17-7-9-19(10-8-17)16-23(15-18-5-3-2-4-6-18)28(26,27)21-13-11-20(12-14-21)22(24)25/h2-14H,15-16H2,1H3,(H,24,25). The Morgan fingerprint density at radius 3 is 1.89 bits per heavy atom. The fourth-order valence-corrected chi connectivity index (χ4v) is 4.24. The molecule has 3 aromatic carbocycles. The number of aromatic carboxylic acids is 1. The molecule has 0 heterocycles. The van der Waals surface area contributed by atoms with E-state index in [1.54, 1.807) is 0 Å². The fraction of sp³-hybridized carbons (Fsp3) is 0.136. The van der Waals surface area contributed by atoms with Crippen molar-refractivity contribution in [1.82, 2.24) is 4.31 Å². The summed E-state index contributed by atoms with van der Waals surface area (Å²) < 4.78 is 27.9. The van der Waals surface area contributed by atoms with Crippen LogP contribution in [0, 0.1) is 6.92 Å². The number of nitrogens with zero attached hydrogens (tertiary/aromatic N) is 1. The van der Waals surface area contributed by atoms with E-state index in [0.29, 0.717) is 0 Å².